The maximum absolute atomic E-state index is 2.30. The van der Waals surface area contributed by atoms with E-state index in [-0.39, 0.29) is 0 Å². The largest absolute Gasteiger partial charge is 0.377 e. The predicted octanol–water partition coefficient (Wildman–Crippen LogP) is 3.26. The van der Waals surface area contributed by atoms with E-state index < -0.39 is 0 Å². The number of nitrogens with zero attached hydrogens (tertiary/aromatic N) is 1. The normalized spacial score (nSPS) is 10.7. The van der Waals surface area contributed by atoms with Crippen LogP contribution in [0.25, 0.3) is 0 Å². The molecule has 14 heavy (non-hydrogen) atoms. The summed E-state index contributed by atoms with van der Waals surface area (Å²) in [5, 5.41) is 0. The third-order valence-electron chi connectivity index (χ3n) is 2.34. The Bertz CT molecular complexity index is 300. The van der Waals surface area contributed by atoms with E-state index in [0.29, 0.717) is 0 Å². The van der Waals surface area contributed by atoms with Crippen LogP contribution in [0.15, 0.2) is 18.2 Å². The van der Waals surface area contributed by atoms with Crippen molar-refractivity contribution in [3.8, 4) is 0 Å². The zero-order valence-corrected chi connectivity index (χ0v) is 9.96. The van der Waals surface area contributed by atoms with Crippen molar-refractivity contribution < 1.29 is 0 Å². The molecule has 1 aromatic carbocycles. The van der Waals surface area contributed by atoms with Crippen molar-refractivity contribution in [2.24, 2.45) is 5.92 Å². The fourth-order valence-corrected chi connectivity index (χ4v) is 1.75. The average Bonchev–Trinajstić information content (AvgIpc) is 2.01. The summed E-state index contributed by atoms with van der Waals surface area (Å²) in [5.41, 5.74) is 4.17. The molecular weight excluding hydrogens is 170 g/mol. The van der Waals surface area contributed by atoms with Crippen molar-refractivity contribution in [3.05, 3.63) is 29.3 Å². The Morgan fingerprint density at radius 1 is 1.21 bits per heavy atom. The van der Waals surface area contributed by atoms with Crippen molar-refractivity contribution in [2.75, 3.05) is 19.0 Å². The van der Waals surface area contributed by atoms with Crippen molar-refractivity contribution in [2.45, 2.75) is 27.2 Å². The van der Waals surface area contributed by atoms with E-state index in [9.17, 15) is 0 Å². The molecule has 0 amide bonds. The third-order valence-corrected chi connectivity index (χ3v) is 2.34. The van der Waals surface area contributed by atoms with Crippen LogP contribution in [0.2, 0.25) is 0 Å². The van der Waals surface area contributed by atoms with Crippen molar-refractivity contribution in [1.82, 2.24) is 0 Å². The number of aryl methyl sites for hydroxylation is 1. The Kier molecular flexibility index (Phi) is 3.56. The molecular formula is C13H21N. The molecule has 0 aliphatic heterocycles. The minimum atomic E-state index is 0.718. The van der Waals surface area contributed by atoms with Gasteiger partial charge in [0.2, 0.25) is 0 Å². The Morgan fingerprint density at radius 2 is 1.86 bits per heavy atom. The van der Waals surface area contributed by atoms with E-state index in [1.807, 2.05) is 0 Å². The molecule has 1 heteroatoms. The van der Waals surface area contributed by atoms with Gasteiger partial charge in [-0.3, -0.25) is 0 Å². The number of benzene rings is 1. The van der Waals surface area contributed by atoms with Crippen LogP contribution < -0.4 is 4.90 Å². The Balaban J connectivity index is 3.03. The zero-order chi connectivity index (χ0) is 10.7. The maximum Gasteiger partial charge on any atom is 0.0393 e. The lowest BCUT2D eigenvalue weighted by molar-refractivity contribution is 0.646. The molecule has 0 heterocycles. The zero-order valence-electron chi connectivity index (χ0n) is 9.96. The molecule has 1 rings (SSSR count). The smallest absolute Gasteiger partial charge is 0.0393 e. The number of hydrogen-bond acceptors (Lipinski definition) is 1. The SMILES string of the molecule is Cc1ccc(N(C)C)c(CC(C)C)c1. The average molecular weight is 191 g/mol. The molecule has 0 N–H and O–H groups in total. The van der Waals surface area contributed by atoms with Crippen LogP contribution in [0.4, 0.5) is 5.69 Å². The molecule has 0 aliphatic rings. The van der Waals surface area contributed by atoms with Gasteiger partial charge in [0.25, 0.3) is 0 Å². The molecule has 0 spiro atoms. The third kappa shape index (κ3) is 2.76. The van der Waals surface area contributed by atoms with Crippen molar-refractivity contribution in [3.63, 3.8) is 0 Å². The first-order valence-electron chi connectivity index (χ1n) is 5.27. The van der Waals surface area contributed by atoms with E-state index in [1.54, 1.807) is 0 Å². The summed E-state index contributed by atoms with van der Waals surface area (Å²) < 4.78 is 0. The number of anilines is 1. The van der Waals surface area contributed by atoms with Crippen LogP contribution >= 0.6 is 0 Å². The molecule has 0 saturated carbocycles. The summed E-state index contributed by atoms with van der Waals surface area (Å²) in [7, 11) is 4.21. The molecule has 0 bridgehead atoms. The van der Waals surface area contributed by atoms with Gasteiger partial charge in [-0.05, 0) is 30.9 Å². The van der Waals surface area contributed by atoms with Gasteiger partial charge in [-0.1, -0.05) is 31.5 Å². The van der Waals surface area contributed by atoms with Crippen LogP contribution in [0.5, 0.6) is 0 Å². The fraction of sp³-hybridized carbons (Fsp3) is 0.538. The first-order valence-corrected chi connectivity index (χ1v) is 5.27. The Labute approximate surface area is 87.7 Å². The molecule has 0 aromatic heterocycles. The van der Waals surface area contributed by atoms with E-state index in [4.69, 9.17) is 0 Å². The molecule has 78 valence electrons. The van der Waals surface area contributed by atoms with Gasteiger partial charge in [-0.25, -0.2) is 0 Å². The highest BCUT2D eigenvalue weighted by Gasteiger charge is 2.06. The minimum Gasteiger partial charge on any atom is -0.377 e. The van der Waals surface area contributed by atoms with Gasteiger partial charge in [0.05, 0.1) is 0 Å². The highest BCUT2D eigenvalue weighted by molar-refractivity contribution is 5.54. The summed E-state index contributed by atoms with van der Waals surface area (Å²) in [6.45, 7) is 6.69. The lowest BCUT2D eigenvalue weighted by Crippen LogP contribution is -2.12. The van der Waals surface area contributed by atoms with E-state index in [2.05, 4.69) is 58.0 Å². The lowest BCUT2D eigenvalue weighted by Gasteiger charge is -2.19. The molecule has 0 saturated heterocycles. The molecule has 0 atom stereocenters. The highest BCUT2D eigenvalue weighted by atomic mass is 15.1. The van der Waals surface area contributed by atoms with Gasteiger partial charge in [0.15, 0.2) is 0 Å². The van der Waals surface area contributed by atoms with Gasteiger partial charge in [-0.15, -0.1) is 0 Å². The summed E-state index contributed by atoms with van der Waals surface area (Å²) in [6, 6.07) is 6.70. The minimum absolute atomic E-state index is 0.718. The van der Waals surface area contributed by atoms with E-state index in [1.165, 1.54) is 16.8 Å². The monoisotopic (exact) mass is 191 g/mol. The van der Waals surface area contributed by atoms with Crippen molar-refractivity contribution >= 4 is 5.69 Å². The van der Waals surface area contributed by atoms with E-state index in [0.717, 1.165) is 12.3 Å². The number of hydrogen-bond donors (Lipinski definition) is 0. The Hall–Kier alpha value is -0.980. The Morgan fingerprint density at radius 3 is 2.36 bits per heavy atom. The van der Waals surface area contributed by atoms with Crippen LogP contribution in [0, 0.1) is 12.8 Å². The van der Waals surface area contributed by atoms with Gasteiger partial charge in [0.1, 0.15) is 0 Å². The van der Waals surface area contributed by atoms with Gasteiger partial charge >= 0.3 is 0 Å². The quantitative estimate of drug-likeness (QED) is 0.709. The second-order valence-electron chi connectivity index (χ2n) is 4.62. The summed E-state index contributed by atoms with van der Waals surface area (Å²) in [6.07, 6.45) is 1.16. The van der Waals surface area contributed by atoms with Crippen LogP contribution in [-0.4, -0.2) is 14.1 Å². The molecule has 0 radical (unpaired) electrons. The van der Waals surface area contributed by atoms with Gasteiger partial charge in [0, 0.05) is 19.8 Å². The molecule has 0 aliphatic carbocycles. The fourth-order valence-electron chi connectivity index (χ4n) is 1.75. The standard InChI is InChI=1S/C13H21N/c1-10(2)8-12-9-11(3)6-7-13(12)14(4)5/h6-7,9-10H,8H2,1-5H3. The van der Waals surface area contributed by atoms with Crippen LogP contribution in [0.3, 0.4) is 0 Å². The second-order valence-corrected chi connectivity index (χ2v) is 4.62. The summed E-state index contributed by atoms with van der Waals surface area (Å²) in [4.78, 5) is 2.19. The molecule has 1 aromatic rings. The maximum atomic E-state index is 2.30. The molecule has 1 nitrogen and oxygen atoms in total. The second kappa shape index (κ2) is 4.50. The highest BCUT2D eigenvalue weighted by Crippen LogP contribution is 2.22. The van der Waals surface area contributed by atoms with Gasteiger partial charge in [-0.2, -0.15) is 0 Å². The molecule has 0 unspecified atom stereocenters. The van der Waals surface area contributed by atoms with Gasteiger partial charge < -0.3 is 4.90 Å². The number of rotatable bonds is 3. The summed E-state index contributed by atoms with van der Waals surface area (Å²) in [5.74, 6) is 0.718. The summed E-state index contributed by atoms with van der Waals surface area (Å²) >= 11 is 0. The first-order chi connectivity index (χ1) is 6.50. The van der Waals surface area contributed by atoms with Crippen LogP contribution in [-0.2, 0) is 6.42 Å². The predicted molar refractivity (Wildman–Crippen MR) is 64.0 cm³/mol. The van der Waals surface area contributed by atoms with E-state index >= 15 is 0 Å². The van der Waals surface area contributed by atoms with Crippen molar-refractivity contribution in [1.29, 1.82) is 0 Å². The molecule has 0 fully saturated rings. The van der Waals surface area contributed by atoms with Crippen LogP contribution in [0.1, 0.15) is 25.0 Å². The first kappa shape index (κ1) is 11.1. The lowest BCUT2D eigenvalue weighted by atomic mass is 9.99. The topological polar surface area (TPSA) is 3.24 Å².